The first-order valence-electron chi connectivity index (χ1n) is 9.77. The summed E-state index contributed by atoms with van der Waals surface area (Å²) in [5.74, 6) is 1.14. The highest BCUT2D eigenvalue weighted by Gasteiger charge is 2.28. The molecule has 0 saturated heterocycles. The maximum Gasteiger partial charge on any atom is 0.229 e. The summed E-state index contributed by atoms with van der Waals surface area (Å²) in [5, 5.41) is 17.8. The van der Waals surface area contributed by atoms with Crippen molar-refractivity contribution in [3.63, 3.8) is 0 Å². The molecule has 1 aromatic heterocycles. The average Bonchev–Trinajstić information content (AvgIpc) is 3.55. The van der Waals surface area contributed by atoms with E-state index in [0.717, 1.165) is 22.3 Å². The topological polar surface area (TPSA) is 112 Å². The summed E-state index contributed by atoms with van der Waals surface area (Å²) in [6, 6.07) is 10.5. The molecule has 0 bridgehead atoms. The number of nitrogens with one attached hydrogen (secondary N) is 4. The number of halogens is 2. The van der Waals surface area contributed by atoms with Crippen LogP contribution in [0.2, 0.25) is 5.02 Å². The van der Waals surface area contributed by atoms with Gasteiger partial charge >= 0.3 is 0 Å². The molecule has 7 nitrogen and oxygen atoms in total. The van der Waals surface area contributed by atoms with Crippen molar-refractivity contribution in [2.24, 2.45) is 11.7 Å². The van der Waals surface area contributed by atoms with Gasteiger partial charge in [-0.1, -0.05) is 23.7 Å². The van der Waals surface area contributed by atoms with E-state index in [2.05, 4.69) is 32.8 Å². The van der Waals surface area contributed by atoms with Gasteiger partial charge in [-0.05, 0) is 55.5 Å². The van der Waals surface area contributed by atoms with Crippen LogP contribution in [0.15, 0.2) is 36.4 Å². The molecule has 0 spiro atoms. The second-order valence-corrected chi connectivity index (χ2v) is 7.91. The second kappa shape index (κ2) is 8.31. The van der Waals surface area contributed by atoms with E-state index < -0.39 is 5.82 Å². The fraction of sp³-hybridized carbons (Fsp3) is 0.286. The molecular weight excluding hydrogens is 405 g/mol. The Morgan fingerprint density at radius 2 is 2.10 bits per heavy atom. The van der Waals surface area contributed by atoms with Gasteiger partial charge in [-0.2, -0.15) is 4.98 Å². The van der Waals surface area contributed by atoms with Crippen LogP contribution < -0.4 is 21.7 Å². The molecule has 1 aliphatic rings. The summed E-state index contributed by atoms with van der Waals surface area (Å²) in [6.45, 7) is 2.52. The minimum absolute atomic E-state index is 0.0211. The highest BCUT2D eigenvalue weighted by Crippen LogP contribution is 2.35. The Bertz CT molecular complexity index is 1100. The van der Waals surface area contributed by atoms with Crippen LogP contribution in [0, 0.1) is 17.1 Å². The van der Waals surface area contributed by atoms with Crippen molar-refractivity contribution in [3.8, 4) is 0 Å². The van der Waals surface area contributed by atoms with Gasteiger partial charge in [0.25, 0.3) is 0 Å². The number of hydrogen-bond acceptors (Lipinski definition) is 5. The SMILES string of the molecule is C[C@@H](Nc1nc(Nc2ccc(F)c(Cl)c2)nc2c(CNC(=N)N)cccc12)C1CC1. The number of anilines is 3. The van der Waals surface area contributed by atoms with Crippen molar-refractivity contribution in [2.75, 3.05) is 10.6 Å². The first kappa shape index (κ1) is 20.2. The summed E-state index contributed by atoms with van der Waals surface area (Å²) < 4.78 is 13.5. The van der Waals surface area contributed by atoms with Crippen molar-refractivity contribution in [1.82, 2.24) is 15.3 Å². The zero-order valence-electron chi connectivity index (χ0n) is 16.5. The van der Waals surface area contributed by atoms with E-state index in [1.807, 2.05) is 18.2 Å². The van der Waals surface area contributed by atoms with Crippen LogP contribution in [-0.4, -0.2) is 22.0 Å². The van der Waals surface area contributed by atoms with Gasteiger partial charge in [0.05, 0.1) is 10.5 Å². The standard InChI is InChI=1S/C21H23ClFN7/c1-11(12-5-6-12)27-19-15-4-2-3-13(10-26-20(24)25)18(15)29-21(30-19)28-14-7-8-17(23)16(22)9-14/h2-4,7-9,11-12H,5-6,10H2,1H3,(H4,24,25,26)(H2,27,28,29,30)/t11-/m1/s1. The Hall–Kier alpha value is -3.13. The number of fused-ring (bicyclic) bond motifs is 1. The molecule has 156 valence electrons. The third-order valence-electron chi connectivity index (χ3n) is 5.15. The maximum absolute atomic E-state index is 13.5. The molecule has 0 amide bonds. The van der Waals surface area contributed by atoms with Gasteiger partial charge in [0.15, 0.2) is 5.96 Å². The molecule has 4 rings (SSSR count). The number of rotatable bonds is 7. The summed E-state index contributed by atoms with van der Waals surface area (Å²) in [4.78, 5) is 9.36. The van der Waals surface area contributed by atoms with Crippen LogP contribution in [0.1, 0.15) is 25.3 Å². The molecule has 1 aliphatic carbocycles. The van der Waals surface area contributed by atoms with Gasteiger partial charge in [-0.3, -0.25) is 5.41 Å². The van der Waals surface area contributed by atoms with Gasteiger partial charge in [-0.15, -0.1) is 0 Å². The van der Waals surface area contributed by atoms with E-state index in [-0.39, 0.29) is 17.0 Å². The summed E-state index contributed by atoms with van der Waals surface area (Å²) in [5.41, 5.74) is 7.66. The second-order valence-electron chi connectivity index (χ2n) is 7.50. The van der Waals surface area contributed by atoms with Crippen molar-refractivity contribution in [2.45, 2.75) is 32.4 Å². The van der Waals surface area contributed by atoms with Gasteiger partial charge < -0.3 is 21.7 Å². The number of nitrogens with zero attached hydrogens (tertiary/aromatic N) is 2. The first-order chi connectivity index (χ1) is 14.4. The summed E-state index contributed by atoms with van der Waals surface area (Å²) in [6.07, 6.45) is 2.42. The van der Waals surface area contributed by atoms with E-state index in [1.54, 1.807) is 6.07 Å². The van der Waals surface area contributed by atoms with E-state index in [1.165, 1.54) is 25.0 Å². The van der Waals surface area contributed by atoms with Crippen LogP contribution in [0.4, 0.5) is 21.8 Å². The first-order valence-corrected chi connectivity index (χ1v) is 10.1. The van der Waals surface area contributed by atoms with Crippen molar-refractivity contribution in [3.05, 3.63) is 52.8 Å². The summed E-state index contributed by atoms with van der Waals surface area (Å²) >= 11 is 5.90. The van der Waals surface area contributed by atoms with E-state index in [4.69, 9.17) is 22.7 Å². The lowest BCUT2D eigenvalue weighted by Gasteiger charge is -2.18. The number of hydrogen-bond donors (Lipinski definition) is 5. The monoisotopic (exact) mass is 427 g/mol. The molecule has 1 saturated carbocycles. The molecule has 6 N–H and O–H groups in total. The third-order valence-corrected chi connectivity index (χ3v) is 5.44. The molecule has 3 aromatic rings. The molecular formula is C21H23ClFN7. The van der Waals surface area contributed by atoms with E-state index in [0.29, 0.717) is 24.1 Å². The summed E-state index contributed by atoms with van der Waals surface area (Å²) in [7, 11) is 0. The number of guanidine groups is 1. The predicted molar refractivity (Wildman–Crippen MR) is 119 cm³/mol. The quantitative estimate of drug-likeness (QED) is 0.283. The number of para-hydroxylation sites is 1. The number of nitrogens with two attached hydrogens (primary N) is 1. The molecule has 30 heavy (non-hydrogen) atoms. The number of benzene rings is 2. The van der Waals surface area contributed by atoms with Crippen molar-refractivity contribution < 1.29 is 4.39 Å². The Labute approximate surface area is 178 Å². The zero-order valence-corrected chi connectivity index (χ0v) is 17.2. The minimum atomic E-state index is -0.486. The molecule has 1 atom stereocenters. The largest absolute Gasteiger partial charge is 0.370 e. The van der Waals surface area contributed by atoms with E-state index >= 15 is 0 Å². The van der Waals surface area contributed by atoms with E-state index in [9.17, 15) is 4.39 Å². The minimum Gasteiger partial charge on any atom is -0.370 e. The van der Waals surface area contributed by atoms with Gasteiger partial charge in [0.1, 0.15) is 11.6 Å². The van der Waals surface area contributed by atoms with Crippen LogP contribution in [0.3, 0.4) is 0 Å². The zero-order chi connectivity index (χ0) is 21.3. The van der Waals surface area contributed by atoms with Crippen LogP contribution >= 0.6 is 11.6 Å². The fourth-order valence-electron chi connectivity index (χ4n) is 3.34. The normalized spacial score (nSPS) is 14.4. The van der Waals surface area contributed by atoms with Gasteiger partial charge in [0, 0.05) is 23.7 Å². The highest BCUT2D eigenvalue weighted by atomic mass is 35.5. The molecule has 1 fully saturated rings. The average molecular weight is 428 g/mol. The highest BCUT2D eigenvalue weighted by molar-refractivity contribution is 6.31. The lowest BCUT2D eigenvalue weighted by atomic mass is 10.1. The molecule has 1 heterocycles. The molecule has 9 heteroatoms. The third kappa shape index (κ3) is 4.54. The Morgan fingerprint density at radius 1 is 1.30 bits per heavy atom. The lowest BCUT2D eigenvalue weighted by Crippen LogP contribution is -2.29. The fourth-order valence-corrected chi connectivity index (χ4v) is 3.52. The van der Waals surface area contributed by atoms with Crippen LogP contribution in [-0.2, 0) is 6.54 Å². The Kier molecular flexibility index (Phi) is 5.59. The molecule has 2 aromatic carbocycles. The van der Waals surface area contributed by atoms with Crippen molar-refractivity contribution >= 4 is 45.9 Å². The van der Waals surface area contributed by atoms with Gasteiger partial charge in [-0.25, -0.2) is 9.37 Å². The van der Waals surface area contributed by atoms with Crippen LogP contribution in [0.5, 0.6) is 0 Å². The maximum atomic E-state index is 13.5. The smallest absolute Gasteiger partial charge is 0.229 e. The van der Waals surface area contributed by atoms with Crippen LogP contribution in [0.25, 0.3) is 10.9 Å². The number of aromatic nitrogens is 2. The molecule has 0 unspecified atom stereocenters. The predicted octanol–water partition coefficient (Wildman–Crippen LogP) is 4.36. The van der Waals surface area contributed by atoms with Crippen molar-refractivity contribution in [1.29, 1.82) is 5.41 Å². The Balaban J connectivity index is 1.75. The lowest BCUT2D eigenvalue weighted by molar-refractivity contribution is 0.628. The molecule has 0 radical (unpaired) electrons. The molecule has 0 aliphatic heterocycles. The Morgan fingerprint density at radius 3 is 2.80 bits per heavy atom. The van der Waals surface area contributed by atoms with Gasteiger partial charge in [0.2, 0.25) is 5.95 Å².